The number of carboxylic acid groups (broad SMARTS) is 1. The molecule has 0 spiro atoms. The van der Waals surface area contributed by atoms with Crippen molar-refractivity contribution in [2.24, 2.45) is 0 Å². The van der Waals surface area contributed by atoms with E-state index in [1.54, 1.807) is 19.1 Å². The third-order valence-electron chi connectivity index (χ3n) is 1.06. The van der Waals surface area contributed by atoms with Crippen molar-refractivity contribution < 1.29 is 44.6 Å². The molecular weight excluding hydrogens is 155 g/mol. The van der Waals surface area contributed by atoms with Gasteiger partial charge in [0, 0.05) is 5.97 Å². The summed E-state index contributed by atoms with van der Waals surface area (Å²) in [4.78, 5) is 9.86. The molecule has 0 fully saturated rings. The minimum Gasteiger partial charge on any atom is -0.550 e. The summed E-state index contributed by atoms with van der Waals surface area (Å²) in [6.45, 7) is 1.77. The van der Waals surface area contributed by atoms with Gasteiger partial charge in [0.2, 0.25) is 0 Å². The monoisotopic (exact) mass is 166 g/mol. The molecule has 58 valence electrons. The van der Waals surface area contributed by atoms with Crippen molar-refractivity contribution in [3.63, 3.8) is 0 Å². The molecule has 1 N–H and O–H groups in total. The van der Waals surface area contributed by atoms with Crippen LogP contribution >= 0.6 is 0 Å². The summed E-state index contributed by atoms with van der Waals surface area (Å²) < 4.78 is 0. The van der Waals surface area contributed by atoms with Crippen molar-refractivity contribution in [1.82, 2.24) is 0 Å². The summed E-state index contributed by atoms with van der Waals surface area (Å²) in [7, 11) is 0. The Morgan fingerprint density at radius 3 is 2.64 bits per heavy atom. The first-order chi connectivity index (χ1) is 4.66. The van der Waals surface area contributed by atoms with Gasteiger partial charge in [0.05, 0.1) is 6.10 Å². The fourth-order valence-corrected chi connectivity index (χ4v) is 0.584. The van der Waals surface area contributed by atoms with Gasteiger partial charge < -0.3 is 15.0 Å². The van der Waals surface area contributed by atoms with Crippen LogP contribution in [-0.4, -0.2) is 17.2 Å². The summed E-state index contributed by atoms with van der Waals surface area (Å²) in [6.07, 6.45) is 2.71. The molecule has 0 aromatic rings. The predicted octanol–water partition coefficient (Wildman–Crippen LogP) is -3.54. The summed E-state index contributed by atoms with van der Waals surface area (Å²) in [5.74, 6) is -1.12. The van der Waals surface area contributed by atoms with E-state index in [9.17, 15) is 9.90 Å². The molecule has 3 nitrogen and oxygen atoms in total. The van der Waals surface area contributed by atoms with E-state index in [1.165, 1.54) is 0 Å². The van der Waals surface area contributed by atoms with E-state index < -0.39 is 12.1 Å². The van der Waals surface area contributed by atoms with Gasteiger partial charge in [-0.25, -0.2) is 0 Å². The first kappa shape index (κ1) is 13.7. The average molecular weight is 166 g/mol. The van der Waals surface area contributed by atoms with Crippen molar-refractivity contribution in [3.05, 3.63) is 12.2 Å². The Balaban J connectivity index is 0. The van der Waals surface area contributed by atoms with E-state index in [-0.39, 0.29) is 42.4 Å². The van der Waals surface area contributed by atoms with Crippen LogP contribution in [0.1, 0.15) is 19.8 Å². The van der Waals surface area contributed by atoms with Gasteiger partial charge >= 0.3 is 29.6 Å². The normalized spacial score (nSPS) is 12.5. The van der Waals surface area contributed by atoms with Gasteiger partial charge in [-0.2, -0.15) is 0 Å². The van der Waals surface area contributed by atoms with Gasteiger partial charge in [0.25, 0.3) is 0 Å². The predicted molar refractivity (Wildman–Crippen MR) is 35.1 cm³/mol. The van der Waals surface area contributed by atoms with Gasteiger partial charge in [-0.15, -0.1) is 0 Å². The molecule has 1 unspecified atom stereocenters. The molecule has 0 aliphatic heterocycles. The Bertz CT molecular complexity index is 134. The molecule has 0 bridgehead atoms. The van der Waals surface area contributed by atoms with Gasteiger partial charge in [-0.05, 0) is 19.8 Å². The number of carboxylic acids is 1. The summed E-state index contributed by atoms with van der Waals surface area (Å²) in [6, 6.07) is 0. The summed E-state index contributed by atoms with van der Waals surface area (Å²) in [5, 5.41) is 18.8. The Labute approximate surface area is 88.4 Å². The van der Waals surface area contributed by atoms with Crippen LogP contribution in [-0.2, 0) is 4.79 Å². The second-order valence-corrected chi connectivity index (χ2v) is 2.00. The van der Waals surface area contributed by atoms with Crippen LogP contribution in [0.15, 0.2) is 12.2 Å². The molecule has 0 saturated carbocycles. The standard InChI is InChI=1S/C7H12O3.Na/c1-2-3-6(8)4-5-7(9)10;/h2-3,6,8H,4-5H2,1H3,(H,9,10);/q;+1/p-1. The molecule has 0 aliphatic rings. The summed E-state index contributed by atoms with van der Waals surface area (Å²) >= 11 is 0. The number of allylic oxidation sites excluding steroid dienone is 1. The number of aliphatic carboxylic acids is 1. The minimum atomic E-state index is -1.12. The quantitative estimate of drug-likeness (QED) is 0.347. The second-order valence-electron chi connectivity index (χ2n) is 2.00. The third-order valence-corrected chi connectivity index (χ3v) is 1.06. The number of hydrogen-bond acceptors (Lipinski definition) is 3. The Hall–Kier alpha value is 0.170. The fourth-order valence-electron chi connectivity index (χ4n) is 0.584. The molecule has 0 rings (SSSR count). The molecule has 0 aliphatic carbocycles. The number of carbonyl (C=O) groups excluding carboxylic acids is 1. The van der Waals surface area contributed by atoms with Crippen LogP contribution in [0.5, 0.6) is 0 Å². The maximum absolute atomic E-state index is 9.86. The second kappa shape index (κ2) is 8.27. The Morgan fingerprint density at radius 2 is 2.27 bits per heavy atom. The molecule has 0 radical (unpaired) electrons. The van der Waals surface area contributed by atoms with Crippen LogP contribution in [0.2, 0.25) is 0 Å². The number of rotatable bonds is 4. The fraction of sp³-hybridized carbons (Fsp3) is 0.571. The first-order valence-corrected chi connectivity index (χ1v) is 3.17. The molecule has 0 amide bonds. The molecule has 11 heavy (non-hydrogen) atoms. The molecule has 1 atom stereocenters. The van der Waals surface area contributed by atoms with E-state index in [0.717, 1.165) is 0 Å². The zero-order chi connectivity index (χ0) is 7.98. The van der Waals surface area contributed by atoms with E-state index in [1.807, 2.05) is 0 Å². The smallest absolute Gasteiger partial charge is 0.550 e. The zero-order valence-electron chi connectivity index (χ0n) is 6.91. The van der Waals surface area contributed by atoms with Gasteiger partial charge in [0.1, 0.15) is 0 Å². The molecule has 0 heterocycles. The van der Waals surface area contributed by atoms with Crippen LogP contribution < -0.4 is 34.7 Å². The van der Waals surface area contributed by atoms with Crippen molar-refractivity contribution >= 4 is 5.97 Å². The van der Waals surface area contributed by atoms with E-state index >= 15 is 0 Å². The van der Waals surface area contributed by atoms with Crippen molar-refractivity contribution in [2.45, 2.75) is 25.9 Å². The average Bonchev–Trinajstić information content (AvgIpc) is 1.85. The summed E-state index contributed by atoms with van der Waals surface area (Å²) in [5.41, 5.74) is 0. The third kappa shape index (κ3) is 10.2. The van der Waals surface area contributed by atoms with Crippen molar-refractivity contribution in [2.75, 3.05) is 0 Å². The molecular formula is C7H11NaO3. The van der Waals surface area contributed by atoms with E-state index in [0.29, 0.717) is 0 Å². The van der Waals surface area contributed by atoms with Crippen LogP contribution in [0, 0.1) is 0 Å². The Kier molecular flexibility index (Phi) is 10.3. The SMILES string of the molecule is CC=CC(O)CCC(=O)[O-].[Na+]. The van der Waals surface area contributed by atoms with Crippen LogP contribution in [0.3, 0.4) is 0 Å². The maximum Gasteiger partial charge on any atom is 1.00 e. The molecule has 0 aromatic carbocycles. The Morgan fingerprint density at radius 1 is 1.73 bits per heavy atom. The maximum atomic E-state index is 9.86. The minimum absolute atomic E-state index is 0. The van der Waals surface area contributed by atoms with Crippen LogP contribution in [0.25, 0.3) is 0 Å². The van der Waals surface area contributed by atoms with Gasteiger partial charge in [-0.3, -0.25) is 0 Å². The largest absolute Gasteiger partial charge is 1.00 e. The topological polar surface area (TPSA) is 60.4 Å². The molecule has 0 aromatic heterocycles. The zero-order valence-corrected chi connectivity index (χ0v) is 8.91. The number of aliphatic hydroxyl groups is 1. The van der Waals surface area contributed by atoms with Gasteiger partial charge in [-0.1, -0.05) is 12.2 Å². The van der Waals surface area contributed by atoms with E-state index in [4.69, 9.17) is 5.11 Å². The van der Waals surface area contributed by atoms with Crippen molar-refractivity contribution in [1.29, 1.82) is 0 Å². The number of hydrogen-bond donors (Lipinski definition) is 1. The molecule has 4 heteroatoms. The molecule has 0 saturated heterocycles. The first-order valence-electron chi connectivity index (χ1n) is 3.17. The number of carbonyl (C=O) groups is 1. The van der Waals surface area contributed by atoms with E-state index in [2.05, 4.69) is 0 Å². The van der Waals surface area contributed by atoms with Crippen LogP contribution in [0.4, 0.5) is 0 Å². The van der Waals surface area contributed by atoms with Gasteiger partial charge in [0.15, 0.2) is 0 Å². The number of aliphatic hydroxyl groups excluding tert-OH is 1. The van der Waals surface area contributed by atoms with Crippen molar-refractivity contribution in [3.8, 4) is 0 Å².